The Morgan fingerprint density at radius 2 is 1.85 bits per heavy atom. The quantitative estimate of drug-likeness (QED) is 0.858. The van der Waals surface area contributed by atoms with Gasteiger partial charge in [0.15, 0.2) is 0 Å². The molecule has 2 atom stereocenters. The van der Waals surface area contributed by atoms with Gasteiger partial charge in [-0.15, -0.1) is 0 Å². The molecule has 0 spiro atoms. The number of hydrogen-bond donors (Lipinski definition) is 1. The molecule has 0 aliphatic heterocycles. The van der Waals surface area contributed by atoms with E-state index in [-0.39, 0.29) is 12.1 Å². The van der Waals surface area contributed by atoms with Gasteiger partial charge in [-0.05, 0) is 32.3 Å². The molecule has 1 N–H and O–H groups in total. The van der Waals surface area contributed by atoms with Crippen LogP contribution in [0, 0.1) is 5.92 Å². The van der Waals surface area contributed by atoms with Gasteiger partial charge in [-0.25, -0.2) is 4.79 Å². The molecule has 1 aromatic carbocycles. The summed E-state index contributed by atoms with van der Waals surface area (Å²) in [6.07, 6.45) is 0.382. The Balaban J connectivity index is 2.57. The van der Waals surface area contributed by atoms with Crippen LogP contribution in [0.2, 0.25) is 0 Å². The second-order valence-corrected chi connectivity index (χ2v) is 5.45. The lowest BCUT2D eigenvalue weighted by molar-refractivity contribution is 0.0929. The average Bonchev–Trinajstić information content (AvgIpc) is 2.37. The van der Waals surface area contributed by atoms with E-state index in [2.05, 4.69) is 19.2 Å². The first kappa shape index (κ1) is 16.3. The van der Waals surface area contributed by atoms with Crippen molar-refractivity contribution >= 4 is 6.09 Å². The standard InChI is InChI=1S/C16H25NO3/c1-11(2)10-12(3)20-16(18)17-13(4)14-8-6-7-9-15(14)19-5/h6-9,11-13H,10H2,1-5H3,(H,17,18)/t12-,13-/m0/s1. The fraction of sp³-hybridized carbons (Fsp3) is 0.562. The van der Waals surface area contributed by atoms with Crippen LogP contribution in [0.1, 0.15) is 45.7 Å². The van der Waals surface area contributed by atoms with E-state index in [1.165, 1.54) is 0 Å². The van der Waals surface area contributed by atoms with E-state index in [1.54, 1.807) is 7.11 Å². The van der Waals surface area contributed by atoms with E-state index in [0.717, 1.165) is 17.7 Å². The molecule has 4 heteroatoms. The van der Waals surface area contributed by atoms with Gasteiger partial charge >= 0.3 is 6.09 Å². The maximum Gasteiger partial charge on any atom is 0.407 e. The number of ether oxygens (including phenoxy) is 2. The number of nitrogens with one attached hydrogen (secondary N) is 1. The molecule has 1 amide bonds. The van der Waals surface area contributed by atoms with E-state index in [9.17, 15) is 4.79 Å². The van der Waals surface area contributed by atoms with Crippen molar-refractivity contribution in [3.8, 4) is 5.75 Å². The maximum atomic E-state index is 11.8. The summed E-state index contributed by atoms with van der Waals surface area (Å²) in [4.78, 5) is 11.8. The second-order valence-electron chi connectivity index (χ2n) is 5.45. The molecule has 0 unspecified atom stereocenters. The van der Waals surface area contributed by atoms with Crippen molar-refractivity contribution in [2.24, 2.45) is 5.92 Å². The highest BCUT2D eigenvalue weighted by molar-refractivity contribution is 5.68. The van der Waals surface area contributed by atoms with Crippen molar-refractivity contribution in [2.75, 3.05) is 7.11 Å². The number of benzene rings is 1. The van der Waals surface area contributed by atoms with Gasteiger partial charge in [-0.1, -0.05) is 32.0 Å². The lowest BCUT2D eigenvalue weighted by Gasteiger charge is -2.20. The summed E-state index contributed by atoms with van der Waals surface area (Å²) in [5.41, 5.74) is 0.934. The molecule has 1 rings (SSSR count). The van der Waals surface area contributed by atoms with E-state index < -0.39 is 6.09 Å². The van der Waals surface area contributed by atoms with Gasteiger partial charge in [0.1, 0.15) is 11.9 Å². The van der Waals surface area contributed by atoms with Gasteiger partial charge in [0.25, 0.3) is 0 Å². The highest BCUT2D eigenvalue weighted by Gasteiger charge is 2.16. The molecule has 0 aliphatic carbocycles. The van der Waals surface area contributed by atoms with Gasteiger partial charge < -0.3 is 14.8 Å². The molecule has 0 aliphatic rings. The van der Waals surface area contributed by atoms with Crippen LogP contribution in [0.15, 0.2) is 24.3 Å². The van der Waals surface area contributed by atoms with Gasteiger partial charge in [0, 0.05) is 5.56 Å². The molecule has 0 bridgehead atoms. The summed E-state index contributed by atoms with van der Waals surface area (Å²) in [5, 5.41) is 2.83. The highest BCUT2D eigenvalue weighted by atomic mass is 16.6. The first-order chi connectivity index (χ1) is 9.43. The van der Waals surface area contributed by atoms with Crippen LogP contribution in [0.25, 0.3) is 0 Å². The van der Waals surface area contributed by atoms with Crippen molar-refractivity contribution in [3.05, 3.63) is 29.8 Å². The van der Waals surface area contributed by atoms with Crippen molar-refractivity contribution in [2.45, 2.75) is 46.3 Å². The Labute approximate surface area is 121 Å². The molecule has 20 heavy (non-hydrogen) atoms. The number of amides is 1. The summed E-state index contributed by atoms with van der Waals surface area (Å²) in [6, 6.07) is 7.47. The van der Waals surface area contributed by atoms with Crippen LogP contribution in [-0.2, 0) is 4.74 Å². The third-order valence-corrected chi connectivity index (χ3v) is 3.05. The van der Waals surface area contributed by atoms with Crippen LogP contribution in [-0.4, -0.2) is 19.3 Å². The fourth-order valence-electron chi connectivity index (χ4n) is 2.21. The first-order valence-corrected chi connectivity index (χ1v) is 7.04. The molecule has 112 valence electrons. The molecule has 0 fully saturated rings. The Kier molecular flexibility index (Phi) is 6.36. The number of methoxy groups -OCH3 is 1. The molecular weight excluding hydrogens is 254 g/mol. The zero-order chi connectivity index (χ0) is 15.1. The van der Waals surface area contributed by atoms with Crippen LogP contribution in [0.4, 0.5) is 4.79 Å². The van der Waals surface area contributed by atoms with Crippen molar-refractivity contribution in [1.29, 1.82) is 0 Å². The number of carbonyl (C=O) groups excluding carboxylic acids is 1. The SMILES string of the molecule is COc1ccccc1[C@H](C)NC(=O)O[C@@H](C)CC(C)C. The molecule has 0 saturated heterocycles. The summed E-state index contributed by atoms with van der Waals surface area (Å²) < 4.78 is 10.6. The minimum atomic E-state index is -0.392. The van der Waals surface area contributed by atoms with Crippen molar-refractivity contribution in [1.82, 2.24) is 5.32 Å². The number of hydrogen-bond acceptors (Lipinski definition) is 3. The Hall–Kier alpha value is -1.71. The molecule has 0 aromatic heterocycles. The van der Waals surface area contributed by atoms with E-state index in [1.807, 2.05) is 38.1 Å². The Bertz CT molecular complexity index is 431. The second kappa shape index (κ2) is 7.78. The molecule has 0 radical (unpaired) electrons. The molecule has 4 nitrogen and oxygen atoms in total. The molecule has 1 aromatic rings. The molecular formula is C16H25NO3. The van der Waals surface area contributed by atoms with Gasteiger partial charge in [0.05, 0.1) is 13.2 Å². The fourth-order valence-corrected chi connectivity index (χ4v) is 2.21. The van der Waals surface area contributed by atoms with Crippen LogP contribution < -0.4 is 10.1 Å². The zero-order valence-corrected chi connectivity index (χ0v) is 13.0. The normalized spacial score (nSPS) is 13.7. The highest BCUT2D eigenvalue weighted by Crippen LogP contribution is 2.24. The van der Waals surface area contributed by atoms with E-state index in [4.69, 9.17) is 9.47 Å². The smallest absolute Gasteiger partial charge is 0.407 e. The monoisotopic (exact) mass is 279 g/mol. The molecule has 0 heterocycles. The summed E-state index contributed by atoms with van der Waals surface area (Å²) in [7, 11) is 1.62. The zero-order valence-electron chi connectivity index (χ0n) is 13.0. The van der Waals surface area contributed by atoms with E-state index in [0.29, 0.717) is 5.92 Å². The summed E-state index contributed by atoms with van der Waals surface area (Å²) >= 11 is 0. The van der Waals surface area contributed by atoms with Gasteiger partial charge in [0.2, 0.25) is 0 Å². The lowest BCUT2D eigenvalue weighted by atomic mass is 10.1. The average molecular weight is 279 g/mol. The Morgan fingerprint density at radius 3 is 2.45 bits per heavy atom. The minimum absolute atomic E-state index is 0.0835. The number of carbonyl (C=O) groups is 1. The molecule has 0 saturated carbocycles. The van der Waals surface area contributed by atoms with Crippen LogP contribution >= 0.6 is 0 Å². The van der Waals surface area contributed by atoms with Crippen LogP contribution in [0.5, 0.6) is 5.75 Å². The largest absolute Gasteiger partial charge is 0.496 e. The van der Waals surface area contributed by atoms with Crippen molar-refractivity contribution in [3.63, 3.8) is 0 Å². The topological polar surface area (TPSA) is 47.6 Å². The van der Waals surface area contributed by atoms with E-state index >= 15 is 0 Å². The summed E-state index contributed by atoms with van der Waals surface area (Å²) in [5.74, 6) is 1.26. The van der Waals surface area contributed by atoms with Gasteiger partial charge in [-0.3, -0.25) is 0 Å². The van der Waals surface area contributed by atoms with Crippen LogP contribution in [0.3, 0.4) is 0 Å². The number of alkyl carbamates (subject to hydrolysis) is 1. The lowest BCUT2D eigenvalue weighted by Crippen LogP contribution is -2.30. The minimum Gasteiger partial charge on any atom is -0.496 e. The number of para-hydroxylation sites is 1. The first-order valence-electron chi connectivity index (χ1n) is 7.04. The maximum absolute atomic E-state index is 11.8. The third kappa shape index (κ3) is 5.11. The predicted molar refractivity (Wildman–Crippen MR) is 79.9 cm³/mol. The van der Waals surface area contributed by atoms with Gasteiger partial charge in [-0.2, -0.15) is 0 Å². The van der Waals surface area contributed by atoms with Crippen molar-refractivity contribution < 1.29 is 14.3 Å². The third-order valence-electron chi connectivity index (χ3n) is 3.05. The number of rotatable bonds is 6. The predicted octanol–water partition coefficient (Wildman–Crippen LogP) is 3.92. The summed E-state index contributed by atoms with van der Waals surface area (Å²) in [6.45, 7) is 8.03. The Morgan fingerprint density at radius 1 is 1.20 bits per heavy atom.